The molecule has 2 N–H and O–H groups in total. The smallest absolute Gasteiger partial charge is 0.191 e. The van der Waals surface area contributed by atoms with Gasteiger partial charge in [0.05, 0.1) is 19.6 Å². The summed E-state index contributed by atoms with van der Waals surface area (Å²) in [6, 6.07) is 20.7. The van der Waals surface area contributed by atoms with Crippen molar-refractivity contribution in [1.82, 2.24) is 30.0 Å². The number of guanidine groups is 1. The molecule has 4 rings (SSSR count). The first-order valence-corrected chi connectivity index (χ1v) is 10.9. The topological polar surface area (TPSA) is 72.1 Å². The van der Waals surface area contributed by atoms with Crippen molar-refractivity contribution in [3.05, 3.63) is 108 Å². The van der Waals surface area contributed by atoms with Crippen molar-refractivity contribution in [2.75, 3.05) is 6.54 Å². The van der Waals surface area contributed by atoms with Crippen LogP contribution < -0.4 is 10.6 Å². The standard InChI is InChI=1S/C25H29N7/c1-2-26-25(28-17-22-11-6-7-12-23(22)20-32-15-8-13-30-32)29-18-24-27-14-16-31(24)19-21-9-4-3-5-10-21/h3-16H,2,17-20H2,1H3,(H2,26,28,29). The Labute approximate surface area is 188 Å². The van der Waals surface area contributed by atoms with Crippen LogP contribution in [-0.4, -0.2) is 31.8 Å². The van der Waals surface area contributed by atoms with Gasteiger partial charge in [-0.05, 0) is 29.7 Å². The van der Waals surface area contributed by atoms with Crippen molar-refractivity contribution in [2.24, 2.45) is 4.99 Å². The Morgan fingerprint density at radius 1 is 0.875 bits per heavy atom. The number of aliphatic imine (C=N–C) groups is 1. The van der Waals surface area contributed by atoms with Crippen LogP contribution in [0.5, 0.6) is 0 Å². The zero-order chi connectivity index (χ0) is 22.0. The fourth-order valence-corrected chi connectivity index (χ4v) is 3.53. The lowest BCUT2D eigenvalue weighted by molar-refractivity contribution is 0.678. The second kappa shape index (κ2) is 10.9. The Bertz CT molecular complexity index is 1110. The fourth-order valence-electron chi connectivity index (χ4n) is 3.53. The van der Waals surface area contributed by atoms with Crippen molar-refractivity contribution in [3.63, 3.8) is 0 Å². The molecule has 0 saturated heterocycles. The largest absolute Gasteiger partial charge is 0.357 e. The van der Waals surface area contributed by atoms with Gasteiger partial charge in [-0.3, -0.25) is 4.68 Å². The van der Waals surface area contributed by atoms with Crippen LogP contribution in [0, 0.1) is 0 Å². The molecule has 0 amide bonds. The summed E-state index contributed by atoms with van der Waals surface area (Å²) >= 11 is 0. The molecule has 0 saturated carbocycles. The van der Waals surface area contributed by atoms with Crippen molar-refractivity contribution in [3.8, 4) is 0 Å². The number of nitrogens with zero attached hydrogens (tertiary/aromatic N) is 5. The molecule has 2 aromatic carbocycles. The summed E-state index contributed by atoms with van der Waals surface area (Å²) in [5.41, 5.74) is 3.65. The maximum atomic E-state index is 4.81. The highest BCUT2D eigenvalue weighted by molar-refractivity contribution is 5.79. The molecule has 7 heteroatoms. The molecule has 0 fully saturated rings. The molecule has 2 heterocycles. The first-order valence-electron chi connectivity index (χ1n) is 10.9. The van der Waals surface area contributed by atoms with Gasteiger partial charge in [0, 0.05) is 37.9 Å². The molecule has 0 aliphatic rings. The van der Waals surface area contributed by atoms with Crippen LogP contribution in [0.25, 0.3) is 0 Å². The average molecular weight is 428 g/mol. The van der Waals surface area contributed by atoms with Gasteiger partial charge in [-0.15, -0.1) is 0 Å². The Morgan fingerprint density at radius 2 is 1.69 bits per heavy atom. The summed E-state index contributed by atoms with van der Waals surface area (Å²) in [6.07, 6.45) is 7.63. The second-order valence-electron chi connectivity index (χ2n) is 7.48. The van der Waals surface area contributed by atoms with Gasteiger partial charge in [0.15, 0.2) is 5.96 Å². The highest BCUT2D eigenvalue weighted by Crippen LogP contribution is 2.12. The van der Waals surface area contributed by atoms with E-state index in [0.717, 1.165) is 31.4 Å². The molecule has 0 atom stereocenters. The predicted octanol–water partition coefficient (Wildman–Crippen LogP) is 3.43. The lowest BCUT2D eigenvalue weighted by Gasteiger charge is -2.14. The van der Waals surface area contributed by atoms with Crippen molar-refractivity contribution >= 4 is 5.96 Å². The normalized spacial score (nSPS) is 11.5. The Morgan fingerprint density at radius 3 is 2.47 bits per heavy atom. The molecule has 0 bridgehead atoms. The van der Waals surface area contributed by atoms with Gasteiger partial charge in [-0.2, -0.15) is 5.10 Å². The van der Waals surface area contributed by atoms with Crippen LogP contribution in [0.2, 0.25) is 0 Å². The predicted molar refractivity (Wildman–Crippen MR) is 127 cm³/mol. The van der Waals surface area contributed by atoms with Crippen LogP contribution >= 0.6 is 0 Å². The van der Waals surface area contributed by atoms with Gasteiger partial charge >= 0.3 is 0 Å². The number of nitrogens with one attached hydrogen (secondary N) is 2. The Kier molecular flexibility index (Phi) is 7.31. The Hall–Kier alpha value is -3.87. The van der Waals surface area contributed by atoms with E-state index in [1.165, 1.54) is 16.7 Å². The molecular weight excluding hydrogens is 398 g/mol. The average Bonchev–Trinajstić information content (AvgIpc) is 3.49. The monoisotopic (exact) mass is 427 g/mol. The second-order valence-corrected chi connectivity index (χ2v) is 7.48. The number of benzene rings is 2. The molecule has 4 aromatic rings. The summed E-state index contributed by atoms with van der Waals surface area (Å²) in [6.45, 7) is 5.58. The zero-order valence-corrected chi connectivity index (χ0v) is 18.4. The SMILES string of the molecule is CCNC(=NCc1ccccc1Cn1cccn1)NCc1nccn1Cc1ccccc1. The quantitative estimate of drug-likeness (QED) is 0.317. The van der Waals surface area contributed by atoms with Crippen molar-refractivity contribution < 1.29 is 0 Å². The van der Waals surface area contributed by atoms with Gasteiger partial charge in [-0.1, -0.05) is 54.6 Å². The van der Waals surface area contributed by atoms with Gasteiger partial charge in [0.1, 0.15) is 5.82 Å². The van der Waals surface area contributed by atoms with E-state index < -0.39 is 0 Å². The van der Waals surface area contributed by atoms with Gasteiger partial charge < -0.3 is 15.2 Å². The minimum absolute atomic E-state index is 0.589. The van der Waals surface area contributed by atoms with E-state index in [1.807, 2.05) is 35.4 Å². The van der Waals surface area contributed by atoms with Gasteiger partial charge in [0.25, 0.3) is 0 Å². The van der Waals surface area contributed by atoms with Crippen molar-refractivity contribution in [2.45, 2.75) is 33.1 Å². The first-order chi connectivity index (χ1) is 15.8. The zero-order valence-electron chi connectivity index (χ0n) is 18.4. The number of hydrogen-bond acceptors (Lipinski definition) is 3. The molecular formula is C25H29N7. The molecule has 0 aliphatic heterocycles. The summed E-state index contributed by atoms with van der Waals surface area (Å²) in [4.78, 5) is 9.34. The van der Waals surface area contributed by atoms with Crippen molar-refractivity contribution in [1.29, 1.82) is 0 Å². The van der Waals surface area contributed by atoms with E-state index in [9.17, 15) is 0 Å². The van der Waals surface area contributed by atoms with E-state index in [0.29, 0.717) is 13.1 Å². The van der Waals surface area contributed by atoms with E-state index in [-0.39, 0.29) is 0 Å². The number of hydrogen-bond donors (Lipinski definition) is 2. The first kappa shape index (κ1) is 21.4. The summed E-state index contributed by atoms with van der Waals surface area (Å²) in [7, 11) is 0. The molecule has 0 unspecified atom stereocenters. The lowest BCUT2D eigenvalue weighted by atomic mass is 10.1. The third-order valence-electron chi connectivity index (χ3n) is 5.17. The van der Waals surface area contributed by atoms with Crippen LogP contribution in [0.1, 0.15) is 29.4 Å². The molecule has 0 spiro atoms. The van der Waals surface area contributed by atoms with E-state index in [2.05, 4.69) is 80.7 Å². The summed E-state index contributed by atoms with van der Waals surface area (Å²) < 4.78 is 4.09. The Balaban J connectivity index is 1.41. The molecule has 32 heavy (non-hydrogen) atoms. The molecule has 164 valence electrons. The van der Waals surface area contributed by atoms with Gasteiger partial charge in [-0.25, -0.2) is 9.98 Å². The highest BCUT2D eigenvalue weighted by atomic mass is 15.3. The fraction of sp³-hybridized carbons (Fsp3) is 0.240. The van der Waals surface area contributed by atoms with Crippen LogP contribution in [-0.2, 0) is 26.2 Å². The van der Waals surface area contributed by atoms with E-state index in [1.54, 1.807) is 6.20 Å². The minimum atomic E-state index is 0.589. The lowest BCUT2D eigenvalue weighted by Crippen LogP contribution is -2.37. The highest BCUT2D eigenvalue weighted by Gasteiger charge is 2.07. The number of aromatic nitrogens is 4. The number of imidazole rings is 1. The maximum absolute atomic E-state index is 4.81. The molecule has 7 nitrogen and oxygen atoms in total. The van der Waals surface area contributed by atoms with Crippen LogP contribution in [0.4, 0.5) is 0 Å². The third kappa shape index (κ3) is 5.85. The summed E-state index contributed by atoms with van der Waals surface area (Å²) in [5.74, 6) is 1.74. The van der Waals surface area contributed by atoms with Gasteiger partial charge in [0.2, 0.25) is 0 Å². The summed E-state index contributed by atoms with van der Waals surface area (Å²) in [5, 5.41) is 11.1. The van der Waals surface area contributed by atoms with Crippen LogP contribution in [0.15, 0.2) is 90.4 Å². The maximum Gasteiger partial charge on any atom is 0.191 e. The van der Waals surface area contributed by atoms with E-state index >= 15 is 0 Å². The third-order valence-corrected chi connectivity index (χ3v) is 5.17. The number of rotatable bonds is 9. The van der Waals surface area contributed by atoms with Crippen LogP contribution in [0.3, 0.4) is 0 Å². The van der Waals surface area contributed by atoms with E-state index in [4.69, 9.17) is 4.99 Å². The minimum Gasteiger partial charge on any atom is -0.357 e. The molecule has 0 radical (unpaired) electrons. The molecule has 0 aliphatic carbocycles. The molecule has 2 aromatic heterocycles.